The van der Waals surface area contributed by atoms with Crippen LogP contribution in [-0.2, 0) is 10.5 Å². The largest absolute Gasteiger partial charge is 0.332 e. The molecule has 0 unspecified atom stereocenters. The molecule has 0 bridgehead atoms. The van der Waals surface area contributed by atoms with Crippen molar-refractivity contribution in [3.05, 3.63) is 46.7 Å². The van der Waals surface area contributed by atoms with E-state index in [0.717, 1.165) is 28.6 Å². The second-order valence-electron chi connectivity index (χ2n) is 5.32. The number of anilines is 1. The summed E-state index contributed by atoms with van der Waals surface area (Å²) in [4.78, 5) is 26.5. The molecule has 2 aromatic rings. The Kier molecular flexibility index (Phi) is 6.23. The average Bonchev–Trinajstić information content (AvgIpc) is 3.24. The molecule has 0 atom stereocenters. The summed E-state index contributed by atoms with van der Waals surface area (Å²) in [6.07, 6.45) is 0.329. The highest BCUT2D eigenvalue weighted by Gasteiger charge is 2.21. The number of carbonyl (C=O) groups excluding carboxylic acids is 2. The molecule has 2 amide bonds. The van der Waals surface area contributed by atoms with E-state index in [9.17, 15) is 9.59 Å². The van der Waals surface area contributed by atoms with Gasteiger partial charge in [-0.2, -0.15) is 11.3 Å². The third kappa shape index (κ3) is 4.78. The van der Waals surface area contributed by atoms with E-state index in [1.54, 1.807) is 28.0 Å². The lowest BCUT2D eigenvalue weighted by molar-refractivity contribution is -0.116. The minimum atomic E-state index is -0.0525. The zero-order valence-corrected chi connectivity index (χ0v) is 15.5. The molecule has 1 aliphatic rings. The number of nitrogens with zero attached hydrogens (tertiary/aromatic N) is 1. The Hall–Kier alpha value is -1.44. The van der Waals surface area contributed by atoms with Crippen molar-refractivity contribution in [2.75, 3.05) is 24.2 Å². The number of rotatable bonds is 7. The SMILES string of the molecule is O=C(CCN1CCSC1=O)Nc1ccccc1SCc1ccsc1. The van der Waals surface area contributed by atoms with Crippen molar-refractivity contribution < 1.29 is 9.59 Å². The summed E-state index contributed by atoms with van der Waals surface area (Å²) in [6.45, 7) is 1.23. The van der Waals surface area contributed by atoms with Crippen LogP contribution in [0.15, 0.2) is 46.0 Å². The summed E-state index contributed by atoms with van der Waals surface area (Å²) in [5.74, 6) is 1.65. The van der Waals surface area contributed by atoms with Crippen LogP contribution in [0.25, 0.3) is 0 Å². The third-order valence-electron chi connectivity index (χ3n) is 3.59. The second kappa shape index (κ2) is 8.60. The number of para-hydroxylation sites is 1. The highest BCUT2D eigenvalue weighted by molar-refractivity contribution is 8.13. The molecule has 0 aliphatic carbocycles. The second-order valence-corrected chi connectivity index (χ2v) is 8.16. The molecule has 0 radical (unpaired) electrons. The minimum absolute atomic E-state index is 0.0525. The van der Waals surface area contributed by atoms with Gasteiger partial charge in [-0.3, -0.25) is 9.59 Å². The Morgan fingerprint density at radius 3 is 2.92 bits per heavy atom. The molecule has 3 rings (SSSR count). The lowest BCUT2D eigenvalue weighted by atomic mass is 10.3. The maximum absolute atomic E-state index is 12.2. The van der Waals surface area contributed by atoms with Crippen LogP contribution in [0.4, 0.5) is 10.5 Å². The van der Waals surface area contributed by atoms with Crippen molar-refractivity contribution in [2.45, 2.75) is 17.1 Å². The number of hydrogen-bond acceptors (Lipinski definition) is 5. The van der Waals surface area contributed by atoms with E-state index in [-0.39, 0.29) is 11.1 Å². The summed E-state index contributed by atoms with van der Waals surface area (Å²) < 4.78 is 0. The number of carbonyl (C=O) groups is 2. The van der Waals surface area contributed by atoms with Gasteiger partial charge in [0.2, 0.25) is 5.91 Å². The van der Waals surface area contributed by atoms with E-state index in [4.69, 9.17) is 0 Å². The van der Waals surface area contributed by atoms with Crippen molar-refractivity contribution in [2.24, 2.45) is 0 Å². The molecule has 126 valence electrons. The van der Waals surface area contributed by atoms with Crippen LogP contribution in [0, 0.1) is 0 Å². The van der Waals surface area contributed by atoms with E-state index in [1.807, 2.05) is 24.3 Å². The minimum Gasteiger partial charge on any atom is -0.332 e. The van der Waals surface area contributed by atoms with E-state index in [1.165, 1.54) is 17.3 Å². The van der Waals surface area contributed by atoms with Gasteiger partial charge in [0.15, 0.2) is 0 Å². The molecule has 0 saturated carbocycles. The van der Waals surface area contributed by atoms with Gasteiger partial charge in [-0.25, -0.2) is 0 Å². The van der Waals surface area contributed by atoms with Crippen molar-refractivity contribution in [1.29, 1.82) is 0 Å². The molecule has 4 nitrogen and oxygen atoms in total. The van der Waals surface area contributed by atoms with E-state index < -0.39 is 0 Å². The van der Waals surface area contributed by atoms with E-state index >= 15 is 0 Å². The van der Waals surface area contributed by atoms with Crippen LogP contribution < -0.4 is 5.32 Å². The molecule has 1 aromatic heterocycles. The molecule has 0 spiro atoms. The Balaban J connectivity index is 1.54. The summed E-state index contributed by atoms with van der Waals surface area (Å²) in [6, 6.07) is 9.96. The molecule has 1 saturated heterocycles. The Morgan fingerprint density at radius 1 is 1.29 bits per heavy atom. The molecule has 1 aliphatic heterocycles. The Bertz CT molecular complexity index is 704. The predicted molar refractivity (Wildman–Crippen MR) is 103 cm³/mol. The van der Waals surface area contributed by atoms with Gasteiger partial charge in [0.25, 0.3) is 5.24 Å². The predicted octanol–water partition coefficient (Wildman–Crippen LogP) is 4.54. The molecule has 24 heavy (non-hydrogen) atoms. The smallest absolute Gasteiger partial charge is 0.281 e. The maximum Gasteiger partial charge on any atom is 0.281 e. The molecule has 2 heterocycles. The Labute approximate surface area is 154 Å². The van der Waals surface area contributed by atoms with E-state index in [2.05, 4.69) is 22.1 Å². The number of thioether (sulfide) groups is 2. The fourth-order valence-corrected chi connectivity index (χ4v) is 4.89. The first-order valence-corrected chi connectivity index (χ1v) is 10.6. The molecule has 1 N–H and O–H groups in total. The zero-order chi connectivity index (χ0) is 16.8. The van der Waals surface area contributed by atoms with Gasteiger partial charge in [-0.1, -0.05) is 23.9 Å². The summed E-state index contributed by atoms with van der Waals surface area (Å²) >= 11 is 4.73. The molecular weight excluding hydrogens is 360 g/mol. The monoisotopic (exact) mass is 378 g/mol. The molecule has 1 fully saturated rings. The van der Waals surface area contributed by atoms with Gasteiger partial charge in [0.05, 0.1) is 5.69 Å². The summed E-state index contributed by atoms with van der Waals surface area (Å²) in [5.41, 5.74) is 2.13. The number of nitrogens with one attached hydrogen (secondary N) is 1. The van der Waals surface area contributed by atoms with Crippen molar-refractivity contribution >= 4 is 51.7 Å². The first kappa shape index (κ1) is 17.4. The molecule has 7 heteroatoms. The van der Waals surface area contributed by atoms with Crippen molar-refractivity contribution in [1.82, 2.24) is 4.90 Å². The third-order valence-corrected chi connectivity index (χ3v) is 6.36. The number of benzene rings is 1. The van der Waals surface area contributed by atoms with Gasteiger partial charge in [-0.15, -0.1) is 11.8 Å². The van der Waals surface area contributed by atoms with Crippen LogP contribution in [0.5, 0.6) is 0 Å². The lowest BCUT2D eigenvalue weighted by Crippen LogP contribution is -2.27. The van der Waals surface area contributed by atoms with Crippen LogP contribution >= 0.6 is 34.9 Å². The van der Waals surface area contributed by atoms with Crippen LogP contribution in [0.2, 0.25) is 0 Å². The zero-order valence-electron chi connectivity index (χ0n) is 13.1. The van der Waals surface area contributed by atoms with Crippen molar-refractivity contribution in [3.8, 4) is 0 Å². The first-order chi connectivity index (χ1) is 11.7. The first-order valence-electron chi connectivity index (χ1n) is 7.67. The summed E-state index contributed by atoms with van der Waals surface area (Å²) in [7, 11) is 0. The maximum atomic E-state index is 12.2. The average molecular weight is 379 g/mol. The van der Waals surface area contributed by atoms with Gasteiger partial charge in [0.1, 0.15) is 0 Å². The Morgan fingerprint density at radius 2 is 2.17 bits per heavy atom. The van der Waals surface area contributed by atoms with Gasteiger partial charge in [0, 0.05) is 35.9 Å². The van der Waals surface area contributed by atoms with E-state index in [0.29, 0.717) is 13.0 Å². The molecule has 1 aromatic carbocycles. The normalized spacial score (nSPS) is 14.2. The quantitative estimate of drug-likeness (QED) is 0.719. The standard InChI is InChI=1S/C17H18N2O2S3/c20-16(5-7-19-8-10-23-17(19)21)18-14-3-1-2-4-15(14)24-12-13-6-9-22-11-13/h1-4,6,9,11H,5,7-8,10,12H2,(H,18,20). The topological polar surface area (TPSA) is 49.4 Å². The van der Waals surface area contributed by atoms with Gasteiger partial charge in [-0.05, 0) is 34.5 Å². The fourth-order valence-electron chi connectivity index (χ4n) is 2.31. The van der Waals surface area contributed by atoms with Crippen molar-refractivity contribution in [3.63, 3.8) is 0 Å². The number of thiophene rings is 1. The fraction of sp³-hybridized carbons (Fsp3) is 0.294. The summed E-state index contributed by atoms with van der Waals surface area (Å²) in [5, 5.41) is 7.26. The lowest BCUT2D eigenvalue weighted by Gasteiger charge is -2.15. The van der Waals surface area contributed by atoms with Gasteiger partial charge >= 0.3 is 0 Å². The highest BCUT2D eigenvalue weighted by atomic mass is 32.2. The number of amides is 2. The van der Waals surface area contributed by atoms with Crippen LogP contribution in [-0.4, -0.2) is 34.9 Å². The highest BCUT2D eigenvalue weighted by Crippen LogP contribution is 2.30. The van der Waals surface area contributed by atoms with Crippen LogP contribution in [0.3, 0.4) is 0 Å². The van der Waals surface area contributed by atoms with Gasteiger partial charge < -0.3 is 10.2 Å². The van der Waals surface area contributed by atoms with Crippen LogP contribution in [0.1, 0.15) is 12.0 Å². The molecular formula is C17H18N2O2S3. The number of hydrogen-bond donors (Lipinski definition) is 1.